The third-order valence-electron chi connectivity index (χ3n) is 2.66. The minimum absolute atomic E-state index is 0. The van der Waals surface area contributed by atoms with Crippen molar-refractivity contribution in [3.05, 3.63) is 66.6 Å². The van der Waals surface area contributed by atoms with Crippen LogP contribution in [0.1, 0.15) is 13.8 Å². The van der Waals surface area contributed by atoms with Gasteiger partial charge in [0.1, 0.15) is 0 Å². The van der Waals surface area contributed by atoms with E-state index in [4.69, 9.17) is 9.90 Å². The summed E-state index contributed by atoms with van der Waals surface area (Å²) >= 11 is 1.73. The molecular formula is C18H17IrNO2S. The second-order valence-corrected chi connectivity index (χ2v) is 5.75. The van der Waals surface area contributed by atoms with Crippen molar-refractivity contribution in [3.63, 3.8) is 0 Å². The van der Waals surface area contributed by atoms with Crippen molar-refractivity contribution in [2.24, 2.45) is 0 Å². The number of aromatic nitrogens is 1. The van der Waals surface area contributed by atoms with E-state index >= 15 is 0 Å². The van der Waals surface area contributed by atoms with Gasteiger partial charge in [-0.05, 0) is 22.6 Å². The van der Waals surface area contributed by atoms with Gasteiger partial charge in [-0.25, -0.2) is 11.3 Å². The van der Waals surface area contributed by atoms with Gasteiger partial charge in [0, 0.05) is 32.0 Å². The Morgan fingerprint density at radius 2 is 1.87 bits per heavy atom. The van der Waals surface area contributed by atoms with E-state index in [2.05, 4.69) is 29.2 Å². The van der Waals surface area contributed by atoms with Crippen LogP contribution < -0.4 is 0 Å². The van der Waals surface area contributed by atoms with E-state index in [1.165, 1.54) is 30.0 Å². The first-order chi connectivity index (χ1) is 10.6. The minimum Gasteiger partial charge on any atom is -0.512 e. The van der Waals surface area contributed by atoms with Gasteiger partial charge in [-0.2, -0.15) is 0 Å². The van der Waals surface area contributed by atoms with Gasteiger partial charge in [0.25, 0.3) is 0 Å². The van der Waals surface area contributed by atoms with Gasteiger partial charge < -0.3 is 10.1 Å². The van der Waals surface area contributed by atoms with Gasteiger partial charge in [-0.3, -0.25) is 4.79 Å². The number of nitrogens with zero attached hydrogens (tertiary/aromatic N) is 1. The molecule has 1 radical (unpaired) electrons. The molecule has 23 heavy (non-hydrogen) atoms. The normalized spacial score (nSPS) is 10.4. The number of hydrogen-bond donors (Lipinski definition) is 1. The van der Waals surface area contributed by atoms with Crippen molar-refractivity contribution in [2.45, 2.75) is 13.8 Å². The molecule has 0 bridgehead atoms. The zero-order valence-electron chi connectivity index (χ0n) is 12.8. The van der Waals surface area contributed by atoms with E-state index < -0.39 is 0 Å². The minimum atomic E-state index is 0. The van der Waals surface area contributed by atoms with Crippen LogP contribution in [-0.4, -0.2) is 20.7 Å². The maximum atomic E-state index is 8.40. The first-order valence-corrected chi connectivity index (χ1v) is 7.60. The molecule has 3 nitrogen and oxygen atoms in total. The molecule has 0 spiro atoms. The number of fused-ring (bicyclic) bond motifs is 1. The van der Waals surface area contributed by atoms with Crippen LogP contribution in [0, 0.1) is 6.07 Å². The summed E-state index contributed by atoms with van der Waals surface area (Å²) in [7, 11) is 0. The quantitative estimate of drug-likeness (QED) is 0.237. The number of thiophene rings is 1. The van der Waals surface area contributed by atoms with Crippen molar-refractivity contribution in [2.75, 3.05) is 0 Å². The third kappa shape index (κ3) is 6.06. The van der Waals surface area contributed by atoms with Gasteiger partial charge in [0.05, 0.1) is 18.8 Å². The van der Waals surface area contributed by atoms with Crippen LogP contribution >= 0.6 is 11.3 Å². The summed E-state index contributed by atoms with van der Waals surface area (Å²) in [5.74, 6) is 0.250. The van der Waals surface area contributed by atoms with Crippen LogP contribution in [0.3, 0.4) is 0 Å². The second-order valence-electron chi connectivity index (χ2n) is 4.69. The van der Waals surface area contributed by atoms with E-state index in [1.807, 2.05) is 30.5 Å². The predicted octanol–water partition coefficient (Wildman–Crippen LogP) is 4.77. The van der Waals surface area contributed by atoms with E-state index in [-0.39, 0.29) is 31.6 Å². The number of benzene rings is 1. The van der Waals surface area contributed by atoms with Crippen molar-refractivity contribution >= 4 is 27.2 Å². The molecule has 0 saturated heterocycles. The number of aliphatic hydroxyl groups is 1. The summed E-state index contributed by atoms with van der Waals surface area (Å²) < 4.78 is 1.26. The van der Waals surface area contributed by atoms with E-state index in [0.29, 0.717) is 0 Å². The molecule has 2 heterocycles. The number of ketones is 1. The van der Waals surface area contributed by atoms with Crippen LogP contribution in [0.5, 0.6) is 0 Å². The molecule has 5 heteroatoms. The Balaban J connectivity index is 0.000000287. The molecule has 0 aliphatic rings. The summed E-state index contributed by atoms with van der Waals surface area (Å²) in [5, 5.41) is 9.57. The Labute approximate surface area is 153 Å². The molecule has 2 aromatic heterocycles. The summed E-state index contributed by atoms with van der Waals surface area (Å²) in [6.07, 6.45) is 3.09. The standard InChI is InChI=1S/C13H8NS.C5H8O2.Ir/c1-2-7-12-10(5-1)9-13(15-12)11-6-3-4-8-14-11;1-4(6)3-5(2)7;/h1-8H;3,6H,1-2H3;/q-1;;/p+1/b;4-3-;. The Bertz CT molecular complexity index is 760. The molecular weight excluding hydrogens is 486 g/mol. The van der Waals surface area contributed by atoms with Crippen molar-refractivity contribution < 1.29 is 30.0 Å². The van der Waals surface area contributed by atoms with Gasteiger partial charge in [-0.1, -0.05) is 24.3 Å². The molecule has 0 saturated carbocycles. The summed E-state index contributed by atoms with van der Waals surface area (Å²) in [4.78, 5) is 13.8. The maximum absolute atomic E-state index is 8.40. The molecule has 0 aliphatic heterocycles. The van der Waals surface area contributed by atoms with Gasteiger partial charge >= 0.3 is 5.78 Å². The second kappa shape index (κ2) is 9.36. The maximum Gasteiger partial charge on any atom is 0.316 e. The average Bonchev–Trinajstić information content (AvgIpc) is 2.91. The van der Waals surface area contributed by atoms with Crippen LogP contribution in [0.15, 0.2) is 60.5 Å². The van der Waals surface area contributed by atoms with Crippen molar-refractivity contribution in [3.8, 4) is 10.6 Å². The van der Waals surface area contributed by atoms with E-state index in [0.717, 1.165) is 10.6 Å². The molecule has 0 aliphatic carbocycles. The molecule has 0 amide bonds. The molecule has 0 fully saturated rings. The summed E-state index contributed by atoms with van der Waals surface area (Å²) in [5.41, 5.74) is 0.999. The number of aliphatic hydroxyl groups excluding tert-OH is 1. The topological polar surface area (TPSA) is 54.5 Å². The molecule has 0 atom stereocenters. The molecule has 0 unspecified atom stereocenters. The Hall–Kier alpha value is -1.81. The molecule has 2 N–H and O–H groups in total. The molecule has 1 aromatic carbocycles. The molecule has 3 aromatic rings. The Morgan fingerprint density at radius 3 is 2.39 bits per heavy atom. The van der Waals surface area contributed by atoms with Crippen molar-refractivity contribution in [1.29, 1.82) is 0 Å². The van der Waals surface area contributed by atoms with Gasteiger partial charge in [0.2, 0.25) is 0 Å². The molecule has 121 valence electrons. The zero-order valence-corrected chi connectivity index (χ0v) is 16.0. The first kappa shape index (κ1) is 19.2. The summed E-state index contributed by atoms with van der Waals surface area (Å²) in [6.45, 7) is 3.00. The Morgan fingerprint density at radius 1 is 1.17 bits per heavy atom. The Kier molecular flexibility index (Phi) is 7.82. The fourth-order valence-corrected chi connectivity index (χ4v) is 2.81. The number of rotatable bonds is 2. The fourth-order valence-electron chi connectivity index (χ4n) is 1.83. The largest absolute Gasteiger partial charge is 0.512 e. The monoisotopic (exact) mass is 504 g/mol. The van der Waals surface area contributed by atoms with Crippen LogP contribution in [0.25, 0.3) is 20.7 Å². The summed E-state index contributed by atoms with van der Waals surface area (Å²) in [6, 6.07) is 17.6. The smallest absolute Gasteiger partial charge is 0.316 e. The fraction of sp³-hybridized carbons (Fsp3) is 0.111. The van der Waals surface area contributed by atoms with E-state index in [9.17, 15) is 0 Å². The van der Waals surface area contributed by atoms with Crippen molar-refractivity contribution in [1.82, 2.24) is 4.98 Å². The predicted molar refractivity (Wildman–Crippen MR) is 92.9 cm³/mol. The first-order valence-electron chi connectivity index (χ1n) is 6.78. The average molecular weight is 504 g/mol. The van der Waals surface area contributed by atoms with Gasteiger partial charge in [-0.15, -0.1) is 23.6 Å². The third-order valence-corrected chi connectivity index (χ3v) is 3.75. The zero-order chi connectivity index (χ0) is 15.9. The molecule has 3 rings (SSSR count). The van der Waals surface area contributed by atoms with Gasteiger partial charge in [0.15, 0.2) is 0 Å². The SMILES string of the molecule is CC(=[OH+])/C=C(/C)O.[Ir].[c-]1c(-c2ccccn2)sc2ccccc12. The number of carbonyl (C=O) groups excluding carboxylic acids is 1. The number of pyridine rings is 1. The van der Waals surface area contributed by atoms with E-state index in [1.54, 1.807) is 11.3 Å². The number of allylic oxidation sites excluding steroid dienone is 2. The number of hydrogen-bond acceptors (Lipinski definition) is 3. The van der Waals surface area contributed by atoms with Crippen LogP contribution in [-0.2, 0) is 20.1 Å². The van der Waals surface area contributed by atoms with Crippen LogP contribution in [0.2, 0.25) is 0 Å². The van der Waals surface area contributed by atoms with Crippen LogP contribution in [0.4, 0.5) is 0 Å².